The number of nitrogens with zero attached hydrogens (tertiary/aromatic N) is 4. The quantitative estimate of drug-likeness (QED) is 0.774. The Morgan fingerprint density at radius 2 is 1.60 bits per heavy atom. The van der Waals surface area contributed by atoms with Gasteiger partial charge in [0.25, 0.3) is 0 Å². The highest BCUT2D eigenvalue weighted by atomic mass is 16.7. The summed E-state index contributed by atoms with van der Waals surface area (Å²) in [7, 11) is 0. The Morgan fingerprint density at radius 1 is 0.833 bits per heavy atom. The molecule has 0 N–H and O–H groups in total. The maximum absolute atomic E-state index is 12.9. The predicted octanol–water partition coefficient (Wildman–Crippen LogP) is 2.01. The number of carbonyl (C=O) groups is 2. The third-order valence-corrected chi connectivity index (χ3v) is 5.84. The number of para-hydroxylation sites is 1. The fourth-order valence-corrected chi connectivity index (χ4v) is 4.14. The van der Waals surface area contributed by atoms with E-state index in [-0.39, 0.29) is 25.3 Å². The van der Waals surface area contributed by atoms with E-state index in [9.17, 15) is 9.59 Å². The van der Waals surface area contributed by atoms with Crippen LogP contribution in [0.25, 0.3) is 0 Å². The van der Waals surface area contributed by atoms with Gasteiger partial charge in [0.15, 0.2) is 11.5 Å². The molecular weight excluding hydrogens is 384 g/mol. The number of fused-ring (bicyclic) bond motifs is 1. The minimum atomic E-state index is -0.148. The van der Waals surface area contributed by atoms with Crippen molar-refractivity contribution in [1.82, 2.24) is 9.80 Å². The van der Waals surface area contributed by atoms with Crippen LogP contribution in [0, 0.1) is 0 Å². The summed E-state index contributed by atoms with van der Waals surface area (Å²) in [5, 5.41) is 0. The molecule has 0 bridgehead atoms. The molecule has 30 heavy (non-hydrogen) atoms. The van der Waals surface area contributed by atoms with Crippen LogP contribution in [0.5, 0.6) is 11.5 Å². The summed E-state index contributed by atoms with van der Waals surface area (Å²) < 4.78 is 10.7. The van der Waals surface area contributed by atoms with Crippen LogP contribution in [0.3, 0.4) is 0 Å². The van der Waals surface area contributed by atoms with Crippen LogP contribution in [0.4, 0.5) is 16.2 Å². The minimum absolute atomic E-state index is 0.00333. The van der Waals surface area contributed by atoms with E-state index in [4.69, 9.17) is 9.47 Å². The van der Waals surface area contributed by atoms with E-state index in [1.54, 1.807) is 9.80 Å². The third-order valence-electron chi connectivity index (χ3n) is 5.84. The number of urea groups is 1. The lowest BCUT2D eigenvalue weighted by Crippen LogP contribution is -2.51. The summed E-state index contributed by atoms with van der Waals surface area (Å²) >= 11 is 0. The molecule has 3 amide bonds. The number of hydrogen-bond donors (Lipinski definition) is 0. The van der Waals surface area contributed by atoms with Crippen molar-refractivity contribution < 1.29 is 19.1 Å². The molecule has 2 saturated heterocycles. The standard InChI is InChI=1S/C22H24N4O4/c27-21(24-10-8-23(9-11-24)17-4-2-1-3-5-17)15-25-12-13-26(22(25)28)18-6-7-19-20(14-18)30-16-29-19/h1-7,14H,8-13,15-16H2. The maximum Gasteiger partial charge on any atom is 0.325 e. The average Bonchev–Trinajstić information content (AvgIpc) is 3.40. The molecule has 8 nitrogen and oxygen atoms in total. The first-order valence-electron chi connectivity index (χ1n) is 10.2. The van der Waals surface area contributed by atoms with Gasteiger partial charge in [-0.3, -0.25) is 9.69 Å². The molecular formula is C22H24N4O4. The second-order valence-electron chi connectivity index (χ2n) is 7.60. The van der Waals surface area contributed by atoms with Gasteiger partial charge in [0.1, 0.15) is 6.54 Å². The number of piperazine rings is 1. The van der Waals surface area contributed by atoms with Crippen molar-refractivity contribution in [1.29, 1.82) is 0 Å². The van der Waals surface area contributed by atoms with Gasteiger partial charge in [-0.1, -0.05) is 18.2 Å². The Morgan fingerprint density at radius 3 is 2.40 bits per heavy atom. The molecule has 156 valence electrons. The predicted molar refractivity (Wildman–Crippen MR) is 112 cm³/mol. The zero-order valence-corrected chi connectivity index (χ0v) is 16.7. The van der Waals surface area contributed by atoms with E-state index in [1.807, 2.05) is 41.3 Å². The Bertz CT molecular complexity index is 943. The first kappa shape index (κ1) is 18.6. The van der Waals surface area contributed by atoms with Crippen molar-refractivity contribution in [3.63, 3.8) is 0 Å². The molecule has 2 aromatic carbocycles. The molecule has 3 heterocycles. The summed E-state index contributed by atoms with van der Waals surface area (Å²) in [5.74, 6) is 1.33. The Kier molecular flexibility index (Phi) is 4.82. The molecule has 0 spiro atoms. The summed E-state index contributed by atoms with van der Waals surface area (Å²) in [6, 6.07) is 15.6. The fraction of sp³-hybridized carbons (Fsp3) is 0.364. The van der Waals surface area contributed by atoms with Crippen molar-refractivity contribution in [2.24, 2.45) is 0 Å². The topological polar surface area (TPSA) is 65.6 Å². The highest BCUT2D eigenvalue weighted by molar-refractivity contribution is 5.96. The third kappa shape index (κ3) is 3.49. The second kappa shape index (κ2) is 7.78. The summed E-state index contributed by atoms with van der Waals surface area (Å²) in [4.78, 5) is 33.1. The summed E-state index contributed by atoms with van der Waals surface area (Å²) in [5.41, 5.74) is 1.94. The van der Waals surface area contributed by atoms with Crippen LogP contribution in [0.2, 0.25) is 0 Å². The normalized spacial score (nSPS) is 18.3. The van der Waals surface area contributed by atoms with Crippen LogP contribution in [-0.2, 0) is 4.79 Å². The van der Waals surface area contributed by atoms with Gasteiger partial charge in [-0.2, -0.15) is 0 Å². The van der Waals surface area contributed by atoms with Crippen LogP contribution in [0.15, 0.2) is 48.5 Å². The van der Waals surface area contributed by atoms with Crippen molar-refractivity contribution in [3.8, 4) is 11.5 Å². The van der Waals surface area contributed by atoms with Crippen molar-refractivity contribution >= 4 is 23.3 Å². The highest BCUT2D eigenvalue weighted by Crippen LogP contribution is 2.36. The molecule has 0 aromatic heterocycles. The molecule has 8 heteroatoms. The number of hydrogen-bond acceptors (Lipinski definition) is 5. The highest BCUT2D eigenvalue weighted by Gasteiger charge is 2.33. The van der Waals surface area contributed by atoms with Crippen molar-refractivity contribution in [3.05, 3.63) is 48.5 Å². The second-order valence-corrected chi connectivity index (χ2v) is 7.60. The number of anilines is 2. The molecule has 3 aliphatic heterocycles. The molecule has 0 atom stereocenters. The first-order valence-corrected chi connectivity index (χ1v) is 10.2. The first-order chi connectivity index (χ1) is 14.7. The van der Waals surface area contributed by atoms with Gasteiger partial charge in [0.05, 0.1) is 0 Å². The van der Waals surface area contributed by atoms with Gasteiger partial charge in [0.2, 0.25) is 12.7 Å². The van der Waals surface area contributed by atoms with Crippen LogP contribution < -0.4 is 19.3 Å². The van der Waals surface area contributed by atoms with Gasteiger partial charge >= 0.3 is 6.03 Å². The van der Waals surface area contributed by atoms with Crippen LogP contribution in [-0.4, -0.2) is 74.3 Å². The SMILES string of the molecule is O=C(CN1CCN(c2ccc3c(c2)OCO3)C1=O)N1CCN(c2ccccc2)CC1. The van der Waals surface area contributed by atoms with E-state index < -0.39 is 0 Å². The number of rotatable bonds is 4. The molecule has 2 aromatic rings. The molecule has 0 saturated carbocycles. The molecule has 5 rings (SSSR count). The average molecular weight is 408 g/mol. The van der Waals surface area contributed by atoms with Crippen molar-refractivity contribution in [2.75, 3.05) is 62.4 Å². The largest absolute Gasteiger partial charge is 0.454 e. The lowest BCUT2D eigenvalue weighted by molar-refractivity contribution is -0.131. The van der Waals surface area contributed by atoms with Gasteiger partial charge in [-0.25, -0.2) is 4.79 Å². The van der Waals surface area contributed by atoms with E-state index in [1.165, 1.54) is 5.69 Å². The Labute approximate surface area is 175 Å². The van der Waals surface area contributed by atoms with Crippen LogP contribution >= 0.6 is 0 Å². The molecule has 0 unspecified atom stereocenters. The van der Waals surface area contributed by atoms with Gasteiger partial charge in [-0.05, 0) is 24.3 Å². The van der Waals surface area contributed by atoms with Gasteiger partial charge in [0, 0.05) is 56.7 Å². The van der Waals surface area contributed by atoms with E-state index in [0.717, 1.165) is 18.8 Å². The lowest BCUT2D eigenvalue weighted by atomic mass is 10.2. The van der Waals surface area contributed by atoms with E-state index >= 15 is 0 Å². The zero-order valence-electron chi connectivity index (χ0n) is 16.7. The van der Waals surface area contributed by atoms with E-state index in [2.05, 4.69) is 17.0 Å². The smallest absolute Gasteiger partial charge is 0.325 e. The summed E-state index contributed by atoms with van der Waals surface area (Å²) in [6.07, 6.45) is 0. The monoisotopic (exact) mass is 408 g/mol. The molecule has 2 fully saturated rings. The Balaban J connectivity index is 1.17. The molecule has 0 radical (unpaired) electrons. The molecule has 0 aliphatic carbocycles. The number of benzene rings is 2. The van der Waals surface area contributed by atoms with Gasteiger partial charge in [-0.15, -0.1) is 0 Å². The molecule has 3 aliphatic rings. The number of ether oxygens (including phenoxy) is 2. The minimum Gasteiger partial charge on any atom is -0.454 e. The van der Waals surface area contributed by atoms with E-state index in [0.29, 0.717) is 37.7 Å². The van der Waals surface area contributed by atoms with Crippen molar-refractivity contribution in [2.45, 2.75) is 0 Å². The summed E-state index contributed by atoms with van der Waals surface area (Å²) in [6.45, 7) is 4.33. The van der Waals surface area contributed by atoms with Gasteiger partial charge < -0.3 is 24.2 Å². The fourth-order valence-electron chi connectivity index (χ4n) is 4.14. The zero-order chi connectivity index (χ0) is 20.5. The maximum atomic E-state index is 12.9. The number of amides is 3. The van der Waals surface area contributed by atoms with Crippen LogP contribution in [0.1, 0.15) is 0 Å². The number of carbonyl (C=O) groups excluding carboxylic acids is 2. The lowest BCUT2D eigenvalue weighted by Gasteiger charge is -2.36. The Hall–Kier alpha value is -3.42.